The zero-order valence-corrected chi connectivity index (χ0v) is 20.8. The summed E-state index contributed by atoms with van der Waals surface area (Å²) in [7, 11) is 0. The SMILES string of the molecule is CCOc1cc(N)c(C=NC2CCC(O)(C3CC3)CC2)cc1NC(=O)c1cccc(C(C)C)[n+]1O. The Labute approximate surface area is 206 Å². The van der Waals surface area contributed by atoms with E-state index in [1.54, 1.807) is 36.5 Å². The van der Waals surface area contributed by atoms with Crippen LogP contribution in [0.5, 0.6) is 5.75 Å². The van der Waals surface area contributed by atoms with Crippen LogP contribution in [0, 0.1) is 5.92 Å². The summed E-state index contributed by atoms with van der Waals surface area (Å²) >= 11 is 0. The molecule has 0 radical (unpaired) electrons. The van der Waals surface area contributed by atoms with E-state index in [0.717, 1.165) is 43.3 Å². The molecule has 0 unspecified atom stereocenters. The second-order valence-corrected chi connectivity index (χ2v) is 10.1. The highest BCUT2D eigenvalue weighted by molar-refractivity contribution is 6.04. The number of benzene rings is 1. The molecule has 35 heavy (non-hydrogen) atoms. The van der Waals surface area contributed by atoms with Gasteiger partial charge in [-0.3, -0.25) is 15.0 Å². The fourth-order valence-corrected chi connectivity index (χ4v) is 4.88. The second-order valence-electron chi connectivity index (χ2n) is 10.1. The predicted molar refractivity (Wildman–Crippen MR) is 135 cm³/mol. The second kappa shape index (κ2) is 10.2. The number of nitrogens with zero attached hydrogens (tertiary/aromatic N) is 2. The molecule has 2 aromatic rings. The summed E-state index contributed by atoms with van der Waals surface area (Å²) in [6.07, 6.45) is 7.31. The molecule has 1 heterocycles. The van der Waals surface area contributed by atoms with Crippen LogP contribution >= 0.6 is 0 Å². The van der Waals surface area contributed by atoms with Gasteiger partial charge in [-0.1, -0.05) is 13.8 Å². The number of aromatic nitrogens is 1. The Morgan fingerprint density at radius 1 is 1.29 bits per heavy atom. The molecule has 8 nitrogen and oxygen atoms in total. The van der Waals surface area contributed by atoms with Crippen LogP contribution in [0.3, 0.4) is 0 Å². The van der Waals surface area contributed by atoms with Crippen molar-refractivity contribution < 1.29 is 24.6 Å². The Hall–Kier alpha value is -3.13. The average Bonchev–Trinajstić information content (AvgIpc) is 3.67. The van der Waals surface area contributed by atoms with Gasteiger partial charge in [0.05, 0.1) is 23.9 Å². The van der Waals surface area contributed by atoms with E-state index in [1.165, 1.54) is 0 Å². The zero-order chi connectivity index (χ0) is 25.2. The minimum Gasteiger partial charge on any atom is -0.492 e. The number of rotatable bonds is 8. The smallest absolute Gasteiger partial charge is 0.325 e. The quantitative estimate of drug-likeness (QED) is 0.196. The van der Waals surface area contributed by atoms with Gasteiger partial charge in [0.15, 0.2) is 0 Å². The van der Waals surface area contributed by atoms with Crippen LogP contribution < -0.4 is 20.5 Å². The normalized spacial score (nSPS) is 22.5. The Kier molecular flexibility index (Phi) is 7.31. The molecule has 188 valence electrons. The van der Waals surface area contributed by atoms with Crippen LogP contribution in [0.1, 0.15) is 87.0 Å². The number of pyridine rings is 1. The molecule has 0 saturated heterocycles. The van der Waals surface area contributed by atoms with Crippen molar-refractivity contribution in [1.29, 1.82) is 0 Å². The number of aliphatic imine (C=N–C) groups is 1. The first kappa shape index (κ1) is 25.0. The number of nitrogen functional groups attached to an aromatic ring is 1. The van der Waals surface area contributed by atoms with Gasteiger partial charge < -0.3 is 20.9 Å². The molecule has 4 rings (SSSR count). The van der Waals surface area contributed by atoms with Gasteiger partial charge in [-0.2, -0.15) is 0 Å². The predicted octanol–water partition coefficient (Wildman–Crippen LogP) is 4.07. The summed E-state index contributed by atoms with van der Waals surface area (Å²) in [6.45, 7) is 6.16. The van der Waals surface area contributed by atoms with Gasteiger partial charge in [-0.05, 0) is 63.5 Å². The molecule has 1 amide bonds. The molecular weight excluding hydrogens is 444 g/mol. The van der Waals surface area contributed by atoms with Crippen LogP contribution in [0.25, 0.3) is 0 Å². The minimum atomic E-state index is -0.502. The van der Waals surface area contributed by atoms with Crippen molar-refractivity contribution in [2.24, 2.45) is 10.9 Å². The van der Waals surface area contributed by atoms with Gasteiger partial charge in [0.25, 0.3) is 0 Å². The zero-order valence-electron chi connectivity index (χ0n) is 20.8. The number of amides is 1. The first-order chi connectivity index (χ1) is 16.7. The molecule has 2 fully saturated rings. The van der Waals surface area contributed by atoms with E-state index >= 15 is 0 Å². The van der Waals surface area contributed by atoms with E-state index in [9.17, 15) is 15.1 Å². The summed E-state index contributed by atoms with van der Waals surface area (Å²) in [5.74, 6) is 0.507. The lowest BCUT2D eigenvalue weighted by Crippen LogP contribution is -2.43. The van der Waals surface area contributed by atoms with E-state index in [-0.39, 0.29) is 17.7 Å². The lowest BCUT2D eigenvalue weighted by Gasteiger charge is -2.35. The molecule has 5 N–H and O–H groups in total. The molecule has 8 heteroatoms. The lowest BCUT2D eigenvalue weighted by molar-refractivity contribution is -0.911. The molecule has 1 aromatic heterocycles. The monoisotopic (exact) mass is 481 g/mol. The third kappa shape index (κ3) is 5.59. The van der Waals surface area contributed by atoms with Crippen molar-refractivity contribution in [3.05, 3.63) is 47.3 Å². The summed E-state index contributed by atoms with van der Waals surface area (Å²) in [5.41, 5.74) is 8.16. The Morgan fingerprint density at radius 2 is 2.00 bits per heavy atom. The summed E-state index contributed by atoms with van der Waals surface area (Å²) < 4.78 is 6.63. The van der Waals surface area contributed by atoms with Crippen molar-refractivity contribution >= 4 is 23.5 Å². The highest BCUT2D eigenvalue weighted by Gasteiger charge is 2.45. The minimum absolute atomic E-state index is 0.0473. The number of ether oxygens (including phenoxy) is 1. The van der Waals surface area contributed by atoms with E-state index < -0.39 is 11.5 Å². The van der Waals surface area contributed by atoms with E-state index in [0.29, 0.717) is 40.9 Å². The standard InChI is InChI=1S/C27H36N4O4/c1-4-35-25-15-21(28)18(16-29-20-10-12-27(33,13-11-20)19-8-9-19)14-22(25)30-26(32)24-7-5-6-23(17(2)3)31(24)34/h5-7,14-17,19-20,28,32-34H,4,8-13H2,1-3H3/p+1. The largest absolute Gasteiger partial charge is 0.492 e. The number of nitrogens with one attached hydrogen (secondary N) is 1. The number of carbonyl (C=O) groups is 1. The number of hydrogen-bond acceptors (Lipinski definition) is 6. The van der Waals surface area contributed by atoms with Gasteiger partial charge in [-0.15, -0.1) is 0 Å². The Balaban J connectivity index is 1.53. The third-order valence-corrected chi connectivity index (χ3v) is 7.13. The third-order valence-electron chi connectivity index (χ3n) is 7.13. The van der Waals surface area contributed by atoms with Gasteiger partial charge >= 0.3 is 11.6 Å². The van der Waals surface area contributed by atoms with Crippen LogP contribution in [0.2, 0.25) is 0 Å². The van der Waals surface area contributed by atoms with Crippen molar-refractivity contribution in [2.45, 2.75) is 76.9 Å². The number of anilines is 2. The topological polar surface area (TPSA) is 121 Å². The molecule has 2 aliphatic rings. The van der Waals surface area contributed by atoms with E-state index in [4.69, 9.17) is 15.5 Å². The van der Waals surface area contributed by atoms with Crippen molar-refractivity contribution in [3.63, 3.8) is 0 Å². The highest BCUT2D eigenvalue weighted by Crippen LogP contribution is 2.47. The highest BCUT2D eigenvalue weighted by atomic mass is 16.5. The van der Waals surface area contributed by atoms with E-state index in [2.05, 4.69) is 5.32 Å². The summed E-state index contributed by atoms with van der Waals surface area (Å²) in [6, 6.07) is 8.67. The van der Waals surface area contributed by atoms with Gasteiger partial charge in [0, 0.05) is 46.3 Å². The maximum absolute atomic E-state index is 13.1. The maximum atomic E-state index is 13.1. The Bertz CT molecular complexity index is 1100. The summed E-state index contributed by atoms with van der Waals surface area (Å²) in [5, 5.41) is 24.2. The summed E-state index contributed by atoms with van der Waals surface area (Å²) in [4.78, 5) is 17.8. The maximum Gasteiger partial charge on any atom is 0.325 e. The Morgan fingerprint density at radius 3 is 2.63 bits per heavy atom. The van der Waals surface area contributed by atoms with Crippen LogP contribution in [0.4, 0.5) is 11.4 Å². The molecule has 0 bridgehead atoms. The number of aliphatic hydroxyl groups is 1. The fourth-order valence-electron chi connectivity index (χ4n) is 4.88. The van der Waals surface area contributed by atoms with Crippen LogP contribution in [0.15, 0.2) is 35.3 Å². The number of carbonyl (C=O) groups excluding carboxylic acids is 1. The van der Waals surface area contributed by atoms with Gasteiger partial charge in [0.1, 0.15) is 5.75 Å². The fraction of sp³-hybridized carbons (Fsp3) is 0.519. The van der Waals surface area contributed by atoms with Gasteiger partial charge in [-0.25, -0.2) is 0 Å². The number of hydrogen-bond donors (Lipinski definition) is 4. The van der Waals surface area contributed by atoms with Crippen molar-refractivity contribution in [2.75, 3.05) is 17.7 Å². The van der Waals surface area contributed by atoms with E-state index in [1.807, 2.05) is 20.8 Å². The van der Waals surface area contributed by atoms with Crippen LogP contribution in [-0.2, 0) is 0 Å². The number of nitrogens with two attached hydrogens (primary N) is 1. The molecule has 0 aliphatic heterocycles. The molecular formula is C27H37N4O4+. The van der Waals surface area contributed by atoms with Crippen molar-refractivity contribution in [3.8, 4) is 5.75 Å². The van der Waals surface area contributed by atoms with Crippen LogP contribution in [-0.4, -0.2) is 40.7 Å². The molecule has 2 aliphatic carbocycles. The first-order valence-electron chi connectivity index (χ1n) is 12.6. The van der Waals surface area contributed by atoms with Crippen molar-refractivity contribution in [1.82, 2.24) is 0 Å². The molecule has 1 aromatic carbocycles. The molecule has 0 atom stereocenters. The average molecular weight is 482 g/mol. The van der Waals surface area contributed by atoms with Gasteiger partial charge in [0.2, 0.25) is 5.69 Å². The molecule has 0 spiro atoms. The first-order valence-corrected chi connectivity index (χ1v) is 12.6. The molecule has 2 saturated carbocycles. The lowest BCUT2D eigenvalue weighted by atomic mass is 9.79.